The largest absolute Gasteiger partial charge is 0.392 e. The van der Waals surface area contributed by atoms with E-state index in [0.29, 0.717) is 11.5 Å². The third kappa shape index (κ3) is 5.42. The second kappa shape index (κ2) is 7.57. The number of nitrogens with zero attached hydrogens (tertiary/aromatic N) is 1. The maximum Gasteiger partial charge on any atom is 0.234 e. The molecule has 0 aromatic heterocycles. The molecule has 0 aliphatic rings. The Labute approximate surface area is 104 Å². The fraction of sp³-hybridized carbons (Fsp3) is 0.818. The zero-order valence-electron chi connectivity index (χ0n) is 10.6. The van der Waals surface area contributed by atoms with Gasteiger partial charge in [0.1, 0.15) is 0 Å². The van der Waals surface area contributed by atoms with Gasteiger partial charge in [0.25, 0.3) is 0 Å². The van der Waals surface area contributed by atoms with Crippen molar-refractivity contribution in [2.45, 2.75) is 45.7 Å². The third-order valence-electron chi connectivity index (χ3n) is 2.82. The Bertz CT molecular complexity index is 241. The van der Waals surface area contributed by atoms with Crippen molar-refractivity contribution in [2.24, 2.45) is 5.73 Å². The number of thiocarbonyl (C=S) groups is 1. The monoisotopic (exact) mass is 245 g/mol. The lowest BCUT2D eigenvalue weighted by Gasteiger charge is -2.24. The van der Waals surface area contributed by atoms with Gasteiger partial charge in [0.05, 0.1) is 17.6 Å². The van der Waals surface area contributed by atoms with E-state index in [1.807, 2.05) is 18.9 Å². The Morgan fingerprint density at radius 3 is 2.31 bits per heavy atom. The van der Waals surface area contributed by atoms with Crippen LogP contribution in [0, 0.1) is 0 Å². The molecule has 16 heavy (non-hydrogen) atoms. The van der Waals surface area contributed by atoms with Crippen molar-refractivity contribution in [3.8, 4) is 0 Å². The zero-order valence-corrected chi connectivity index (χ0v) is 11.4. The van der Waals surface area contributed by atoms with Crippen LogP contribution in [-0.2, 0) is 4.79 Å². The van der Waals surface area contributed by atoms with Gasteiger partial charge >= 0.3 is 0 Å². The van der Waals surface area contributed by atoms with Crippen LogP contribution < -0.4 is 11.1 Å². The van der Waals surface area contributed by atoms with Crippen molar-refractivity contribution in [1.29, 1.82) is 0 Å². The van der Waals surface area contributed by atoms with Gasteiger partial charge in [-0.3, -0.25) is 9.69 Å². The molecule has 3 N–H and O–H groups in total. The number of rotatable bonds is 7. The van der Waals surface area contributed by atoms with Crippen LogP contribution in [0.2, 0.25) is 0 Å². The van der Waals surface area contributed by atoms with E-state index >= 15 is 0 Å². The predicted octanol–water partition coefficient (Wildman–Crippen LogP) is 0.898. The Kier molecular flexibility index (Phi) is 7.25. The molecule has 0 rings (SSSR count). The van der Waals surface area contributed by atoms with Gasteiger partial charge in [0.15, 0.2) is 0 Å². The van der Waals surface area contributed by atoms with Crippen LogP contribution in [0.15, 0.2) is 0 Å². The van der Waals surface area contributed by atoms with E-state index in [9.17, 15) is 4.79 Å². The molecule has 0 aromatic carbocycles. The molecule has 4 nitrogen and oxygen atoms in total. The summed E-state index contributed by atoms with van der Waals surface area (Å²) in [6.45, 7) is 6.35. The summed E-state index contributed by atoms with van der Waals surface area (Å²) in [5.41, 5.74) is 5.52. The molecule has 0 saturated heterocycles. The summed E-state index contributed by atoms with van der Waals surface area (Å²) in [6, 6.07) is 0.212. The average Bonchev–Trinajstić information content (AvgIpc) is 2.24. The first-order valence-corrected chi connectivity index (χ1v) is 6.12. The van der Waals surface area contributed by atoms with Crippen LogP contribution in [0.5, 0.6) is 0 Å². The van der Waals surface area contributed by atoms with Gasteiger partial charge in [0.2, 0.25) is 5.91 Å². The van der Waals surface area contributed by atoms with E-state index in [2.05, 4.69) is 19.2 Å². The highest BCUT2D eigenvalue weighted by atomic mass is 32.1. The highest BCUT2D eigenvalue weighted by Gasteiger charge is 2.16. The van der Waals surface area contributed by atoms with Gasteiger partial charge < -0.3 is 11.1 Å². The van der Waals surface area contributed by atoms with E-state index in [1.54, 1.807) is 0 Å². The minimum Gasteiger partial charge on any atom is -0.392 e. The summed E-state index contributed by atoms with van der Waals surface area (Å²) in [5.74, 6) is 0.0271. The fourth-order valence-electron chi connectivity index (χ4n) is 1.35. The molecular weight excluding hydrogens is 222 g/mol. The second-order valence-electron chi connectivity index (χ2n) is 4.07. The molecule has 1 unspecified atom stereocenters. The van der Waals surface area contributed by atoms with Gasteiger partial charge in [-0.1, -0.05) is 26.1 Å². The van der Waals surface area contributed by atoms with E-state index in [4.69, 9.17) is 18.0 Å². The van der Waals surface area contributed by atoms with Gasteiger partial charge in [-0.05, 0) is 26.8 Å². The highest BCUT2D eigenvalue weighted by Crippen LogP contribution is 1.98. The topological polar surface area (TPSA) is 58.4 Å². The summed E-state index contributed by atoms with van der Waals surface area (Å²) >= 11 is 4.89. The SMILES string of the molecule is CCC(CC)NC(=O)CN(C)C(C)C(N)=S. The lowest BCUT2D eigenvalue weighted by atomic mass is 10.2. The molecule has 0 spiro atoms. The molecule has 0 saturated carbocycles. The summed E-state index contributed by atoms with van der Waals surface area (Å²) in [7, 11) is 1.84. The lowest BCUT2D eigenvalue weighted by molar-refractivity contribution is -0.122. The third-order valence-corrected chi connectivity index (χ3v) is 3.16. The Morgan fingerprint density at radius 2 is 1.94 bits per heavy atom. The van der Waals surface area contributed by atoms with E-state index in [-0.39, 0.29) is 18.0 Å². The van der Waals surface area contributed by atoms with Gasteiger partial charge in [0, 0.05) is 6.04 Å². The first-order chi connectivity index (χ1) is 7.42. The van der Waals surface area contributed by atoms with Crippen LogP contribution in [0.3, 0.4) is 0 Å². The summed E-state index contributed by atoms with van der Waals surface area (Å²) in [6.07, 6.45) is 1.91. The smallest absolute Gasteiger partial charge is 0.234 e. The standard InChI is InChI=1S/C11H23N3OS/c1-5-9(6-2)13-10(15)7-14(4)8(3)11(12)16/h8-9H,5-7H2,1-4H3,(H2,12,16)(H,13,15). The van der Waals surface area contributed by atoms with Gasteiger partial charge in [-0.25, -0.2) is 0 Å². The van der Waals surface area contributed by atoms with Crippen molar-refractivity contribution in [3.05, 3.63) is 0 Å². The minimum absolute atomic E-state index is 0.0271. The second-order valence-corrected chi connectivity index (χ2v) is 4.55. The fourth-order valence-corrected chi connectivity index (χ4v) is 1.53. The molecule has 94 valence electrons. The molecule has 1 atom stereocenters. The lowest BCUT2D eigenvalue weighted by Crippen LogP contribution is -2.46. The van der Waals surface area contributed by atoms with Crippen LogP contribution in [0.25, 0.3) is 0 Å². The van der Waals surface area contributed by atoms with E-state index in [0.717, 1.165) is 12.8 Å². The number of hydrogen-bond acceptors (Lipinski definition) is 3. The number of hydrogen-bond donors (Lipinski definition) is 2. The van der Waals surface area contributed by atoms with Crippen molar-refractivity contribution < 1.29 is 4.79 Å². The maximum absolute atomic E-state index is 11.7. The van der Waals surface area contributed by atoms with Crippen molar-refractivity contribution in [3.63, 3.8) is 0 Å². The Morgan fingerprint density at radius 1 is 1.44 bits per heavy atom. The number of carbonyl (C=O) groups is 1. The molecule has 1 amide bonds. The first kappa shape index (κ1) is 15.3. The van der Waals surface area contributed by atoms with E-state index < -0.39 is 0 Å². The number of amides is 1. The molecule has 5 heteroatoms. The van der Waals surface area contributed by atoms with E-state index in [1.165, 1.54) is 0 Å². The summed E-state index contributed by atoms with van der Waals surface area (Å²) < 4.78 is 0. The molecule has 0 aliphatic carbocycles. The molecule has 0 fully saturated rings. The van der Waals surface area contributed by atoms with Crippen molar-refractivity contribution in [2.75, 3.05) is 13.6 Å². The van der Waals surface area contributed by atoms with Crippen LogP contribution in [0.4, 0.5) is 0 Å². The van der Waals surface area contributed by atoms with Crippen LogP contribution in [-0.4, -0.2) is 41.5 Å². The van der Waals surface area contributed by atoms with Crippen molar-refractivity contribution >= 4 is 23.1 Å². The normalized spacial score (nSPS) is 12.9. The van der Waals surface area contributed by atoms with Crippen LogP contribution in [0.1, 0.15) is 33.6 Å². The molecule has 0 aliphatic heterocycles. The summed E-state index contributed by atoms with van der Waals surface area (Å²) in [4.78, 5) is 13.9. The quantitative estimate of drug-likeness (QED) is 0.654. The molecular formula is C11H23N3OS. The summed E-state index contributed by atoms with van der Waals surface area (Å²) in [5, 5.41) is 2.98. The highest BCUT2D eigenvalue weighted by molar-refractivity contribution is 7.80. The van der Waals surface area contributed by atoms with Crippen molar-refractivity contribution in [1.82, 2.24) is 10.2 Å². The maximum atomic E-state index is 11.7. The van der Waals surface area contributed by atoms with Gasteiger partial charge in [-0.15, -0.1) is 0 Å². The molecule has 0 heterocycles. The first-order valence-electron chi connectivity index (χ1n) is 5.71. The van der Waals surface area contributed by atoms with Gasteiger partial charge in [-0.2, -0.15) is 0 Å². The number of likely N-dealkylation sites (N-methyl/N-ethyl adjacent to an activating group) is 1. The molecule has 0 radical (unpaired) electrons. The Balaban J connectivity index is 4.09. The minimum atomic E-state index is -0.0533. The molecule has 0 bridgehead atoms. The zero-order chi connectivity index (χ0) is 12.7. The predicted molar refractivity (Wildman–Crippen MR) is 71.4 cm³/mol. The molecule has 0 aromatic rings. The Hall–Kier alpha value is -0.680. The van der Waals surface area contributed by atoms with Crippen LogP contribution >= 0.6 is 12.2 Å². The number of nitrogens with one attached hydrogen (secondary N) is 1. The average molecular weight is 245 g/mol. The number of nitrogens with two attached hydrogens (primary N) is 1. The number of carbonyl (C=O) groups excluding carboxylic acids is 1.